The summed E-state index contributed by atoms with van der Waals surface area (Å²) >= 11 is 5.83. The van der Waals surface area contributed by atoms with E-state index in [0.717, 1.165) is 12.8 Å². The molecule has 10 heteroatoms. The maximum absolute atomic E-state index is 14.2. The third-order valence-corrected chi connectivity index (χ3v) is 7.48. The van der Waals surface area contributed by atoms with Crippen LogP contribution in [0.5, 0.6) is 5.75 Å². The number of carbonyl (C=O) groups excluding carboxylic acids is 2. The van der Waals surface area contributed by atoms with Gasteiger partial charge in [0.2, 0.25) is 11.8 Å². The molecule has 1 unspecified atom stereocenters. The van der Waals surface area contributed by atoms with Crippen LogP contribution in [0.2, 0.25) is 5.02 Å². The van der Waals surface area contributed by atoms with Crippen LogP contribution in [0.25, 0.3) is 10.9 Å². The lowest BCUT2D eigenvalue weighted by atomic mass is 9.80. The Morgan fingerprint density at radius 2 is 2.06 bits per heavy atom. The van der Waals surface area contributed by atoms with Crippen molar-refractivity contribution < 1.29 is 24.2 Å². The lowest BCUT2D eigenvalue weighted by molar-refractivity contribution is -0.142. The van der Waals surface area contributed by atoms with Crippen LogP contribution in [-0.4, -0.2) is 43.6 Å². The number of fused-ring (bicyclic) bond motifs is 2. The second-order valence-electron chi connectivity index (χ2n) is 9.25. The maximum atomic E-state index is 14.2. The maximum Gasteiger partial charge on any atom is 0.243 e. The van der Waals surface area contributed by atoms with Crippen molar-refractivity contribution in [3.8, 4) is 5.75 Å². The molecule has 0 radical (unpaired) electrons. The van der Waals surface area contributed by atoms with Gasteiger partial charge in [-0.2, -0.15) is 0 Å². The Morgan fingerprint density at radius 1 is 1.26 bits per heavy atom. The fourth-order valence-electron chi connectivity index (χ4n) is 5.30. The summed E-state index contributed by atoms with van der Waals surface area (Å²) in [5, 5.41) is 23.3. The molecule has 184 valence electrons. The Bertz CT molecular complexity index is 1310. The van der Waals surface area contributed by atoms with Crippen LogP contribution in [0.1, 0.15) is 36.6 Å². The molecule has 5 N–H and O–H groups in total. The number of benzene rings is 2. The quantitative estimate of drug-likeness (QED) is 0.388. The molecule has 1 aromatic heterocycles. The number of nitrogens with one attached hydrogen (secondary N) is 1. The number of phenolic OH excluding ortho intramolecular Hbond substituents is 1. The van der Waals surface area contributed by atoms with Gasteiger partial charge in [-0.25, -0.2) is 4.39 Å². The number of rotatable bonds is 6. The molecular weight excluding hydrogens is 475 g/mol. The molecular formula is C25H26ClFN4O4. The number of halogens is 2. The van der Waals surface area contributed by atoms with E-state index in [2.05, 4.69) is 5.32 Å². The van der Waals surface area contributed by atoms with Gasteiger partial charge in [0.25, 0.3) is 0 Å². The summed E-state index contributed by atoms with van der Waals surface area (Å²) in [6.07, 6.45) is 2.68. The summed E-state index contributed by atoms with van der Waals surface area (Å²) in [5.41, 5.74) is 6.96. The number of nitrogens with two attached hydrogens (primary N) is 1. The number of amides is 2. The first-order valence-corrected chi connectivity index (χ1v) is 11.9. The molecule has 1 aliphatic carbocycles. The average Bonchev–Trinajstić information content (AvgIpc) is 3.28. The standard InChI is InChI=1S/C25H26ClFN4O4/c26-18-3-1-2-14(23(18)27)10-29-25(35)21-8-13-4-7-19(13)31(21)22(33)12-30-11-17(24(28)34)16-6-5-15(32)9-20(16)30/h1-3,5-6,9,11,13,19,21,24,32,34H,4,7-8,10,12,28H2,(H,29,35)/t13-,19-,21+,24?/m1/s1. The third kappa shape index (κ3) is 4.24. The van der Waals surface area contributed by atoms with Crippen LogP contribution in [0, 0.1) is 11.7 Å². The minimum atomic E-state index is -1.24. The predicted molar refractivity (Wildman–Crippen MR) is 128 cm³/mol. The molecule has 1 saturated carbocycles. The number of carbonyl (C=O) groups is 2. The smallest absolute Gasteiger partial charge is 0.243 e. The molecule has 1 aliphatic heterocycles. The van der Waals surface area contributed by atoms with Gasteiger partial charge in [-0.05, 0) is 43.4 Å². The summed E-state index contributed by atoms with van der Waals surface area (Å²) in [6.45, 7) is -0.110. The van der Waals surface area contributed by atoms with E-state index >= 15 is 0 Å². The number of aliphatic hydroxyl groups excluding tert-OH is 1. The Kier molecular flexibility index (Phi) is 6.16. The Labute approximate surface area is 206 Å². The fraction of sp³-hybridized carbons (Fsp3) is 0.360. The highest BCUT2D eigenvalue weighted by Gasteiger charge is 2.50. The average molecular weight is 501 g/mol. The van der Waals surface area contributed by atoms with E-state index in [9.17, 15) is 24.2 Å². The van der Waals surface area contributed by atoms with E-state index in [1.165, 1.54) is 18.2 Å². The van der Waals surface area contributed by atoms with Crippen LogP contribution < -0.4 is 11.1 Å². The fourth-order valence-corrected chi connectivity index (χ4v) is 5.50. The second kappa shape index (κ2) is 9.14. The zero-order chi connectivity index (χ0) is 24.9. The van der Waals surface area contributed by atoms with Crippen molar-refractivity contribution in [1.82, 2.24) is 14.8 Å². The number of phenols is 1. The van der Waals surface area contributed by atoms with Crippen molar-refractivity contribution in [3.05, 3.63) is 64.6 Å². The van der Waals surface area contributed by atoms with Crippen molar-refractivity contribution in [3.63, 3.8) is 0 Å². The van der Waals surface area contributed by atoms with E-state index in [-0.39, 0.29) is 53.2 Å². The van der Waals surface area contributed by atoms with Gasteiger partial charge >= 0.3 is 0 Å². The van der Waals surface area contributed by atoms with E-state index in [0.29, 0.717) is 22.9 Å². The molecule has 2 aliphatic rings. The summed E-state index contributed by atoms with van der Waals surface area (Å²) in [6, 6.07) is 8.57. The van der Waals surface area contributed by atoms with Gasteiger partial charge in [0.1, 0.15) is 30.4 Å². The largest absolute Gasteiger partial charge is 0.508 e. The zero-order valence-electron chi connectivity index (χ0n) is 18.8. The first-order chi connectivity index (χ1) is 16.7. The molecule has 2 aromatic carbocycles. The topological polar surface area (TPSA) is 121 Å². The SMILES string of the molecule is NC(O)c1cn(CC(=O)N2[C@@H]3CC[C@@H]3C[C@H]2C(=O)NCc2cccc(Cl)c2F)c2cc(O)ccc12. The van der Waals surface area contributed by atoms with Crippen molar-refractivity contribution in [1.29, 1.82) is 0 Å². The highest BCUT2D eigenvalue weighted by atomic mass is 35.5. The van der Waals surface area contributed by atoms with E-state index in [4.69, 9.17) is 17.3 Å². The number of hydrogen-bond donors (Lipinski definition) is 4. The Hall–Kier alpha value is -3.14. The van der Waals surface area contributed by atoms with Gasteiger partial charge in [0, 0.05) is 41.4 Å². The lowest BCUT2D eigenvalue weighted by Gasteiger charge is -2.37. The van der Waals surface area contributed by atoms with Gasteiger partial charge in [-0.3, -0.25) is 9.59 Å². The number of nitrogens with zero attached hydrogens (tertiary/aromatic N) is 2. The first kappa shape index (κ1) is 23.6. The van der Waals surface area contributed by atoms with Crippen LogP contribution in [-0.2, 0) is 22.7 Å². The molecule has 1 saturated heterocycles. The second-order valence-corrected chi connectivity index (χ2v) is 9.65. The third-order valence-electron chi connectivity index (χ3n) is 7.19. The predicted octanol–water partition coefficient (Wildman–Crippen LogP) is 2.78. The van der Waals surface area contributed by atoms with Crippen LogP contribution >= 0.6 is 11.6 Å². The number of likely N-dealkylation sites (tertiary alicyclic amines) is 1. The summed E-state index contributed by atoms with van der Waals surface area (Å²) < 4.78 is 15.9. The van der Waals surface area contributed by atoms with Crippen molar-refractivity contribution >= 4 is 34.3 Å². The van der Waals surface area contributed by atoms with Crippen molar-refractivity contribution in [2.45, 2.75) is 50.7 Å². The van der Waals surface area contributed by atoms with E-state index < -0.39 is 18.1 Å². The van der Waals surface area contributed by atoms with Gasteiger partial charge in [-0.1, -0.05) is 23.7 Å². The van der Waals surface area contributed by atoms with Crippen LogP contribution in [0.3, 0.4) is 0 Å². The number of aromatic hydroxyl groups is 1. The molecule has 4 atom stereocenters. The lowest BCUT2D eigenvalue weighted by Crippen LogP contribution is -2.51. The number of aromatic nitrogens is 1. The molecule has 2 fully saturated rings. The summed E-state index contributed by atoms with van der Waals surface area (Å²) in [5.74, 6) is -0.878. The van der Waals surface area contributed by atoms with Crippen LogP contribution in [0.4, 0.5) is 4.39 Å². The molecule has 0 bridgehead atoms. The monoisotopic (exact) mass is 500 g/mol. The molecule has 0 spiro atoms. The van der Waals surface area contributed by atoms with Crippen molar-refractivity contribution in [2.75, 3.05) is 0 Å². The highest BCUT2D eigenvalue weighted by molar-refractivity contribution is 6.30. The molecule has 35 heavy (non-hydrogen) atoms. The van der Waals surface area contributed by atoms with Gasteiger partial charge in [0.15, 0.2) is 0 Å². The molecule has 5 rings (SSSR count). The number of aliphatic hydroxyl groups is 1. The minimum absolute atomic E-state index is 0.0144. The van der Waals surface area contributed by atoms with Gasteiger partial charge in [-0.15, -0.1) is 0 Å². The zero-order valence-corrected chi connectivity index (χ0v) is 19.6. The van der Waals surface area contributed by atoms with E-state index in [1.807, 2.05) is 0 Å². The van der Waals surface area contributed by atoms with Gasteiger partial charge < -0.3 is 30.7 Å². The first-order valence-electron chi connectivity index (χ1n) is 11.5. The number of hydrogen-bond acceptors (Lipinski definition) is 5. The molecule has 3 aromatic rings. The highest BCUT2D eigenvalue weighted by Crippen LogP contribution is 2.44. The minimum Gasteiger partial charge on any atom is -0.508 e. The normalized spacial score (nSPS) is 22.1. The molecule has 2 heterocycles. The van der Waals surface area contributed by atoms with E-state index in [1.54, 1.807) is 33.9 Å². The van der Waals surface area contributed by atoms with Crippen LogP contribution in [0.15, 0.2) is 42.6 Å². The summed E-state index contributed by atoms with van der Waals surface area (Å²) in [4.78, 5) is 28.2. The Balaban J connectivity index is 1.36. The molecule has 2 amide bonds. The molecule has 8 nitrogen and oxygen atoms in total. The van der Waals surface area contributed by atoms with Crippen molar-refractivity contribution in [2.24, 2.45) is 11.7 Å². The Morgan fingerprint density at radius 3 is 2.77 bits per heavy atom. The van der Waals surface area contributed by atoms with Gasteiger partial charge in [0.05, 0.1) is 10.5 Å². The summed E-state index contributed by atoms with van der Waals surface area (Å²) in [7, 11) is 0.